The first-order valence-corrected chi connectivity index (χ1v) is 8.11. The van der Waals surface area contributed by atoms with Crippen LogP contribution in [-0.2, 0) is 11.3 Å². The number of benzene rings is 1. The van der Waals surface area contributed by atoms with Crippen LogP contribution in [0.2, 0.25) is 0 Å². The lowest BCUT2D eigenvalue weighted by atomic mass is 9.91. The Morgan fingerprint density at radius 1 is 1.26 bits per heavy atom. The molecule has 3 nitrogen and oxygen atoms in total. The molecule has 1 aliphatic rings. The number of amidine groups is 1. The molecule has 0 aliphatic carbocycles. The second-order valence-corrected chi connectivity index (χ2v) is 6.24. The van der Waals surface area contributed by atoms with Crippen LogP contribution in [0.15, 0.2) is 59.6 Å². The largest absolute Gasteiger partial charge is 0.369 e. The van der Waals surface area contributed by atoms with Crippen molar-refractivity contribution >= 4 is 5.84 Å². The first kappa shape index (κ1) is 19.2. The van der Waals surface area contributed by atoms with Crippen molar-refractivity contribution < 1.29 is 4.74 Å². The average molecular weight is 314 g/mol. The molecule has 0 bridgehead atoms. The summed E-state index contributed by atoms with van der Waals surface area (Å²) < 4.78 is 5.75. The molecule has 0 saturated carbocycles. The van der Waals surface area contributed by atoms with E-state index in [0.717, 1.165) is 5.84 Å². The van der Waals surface area contributed by atoms with Gasteiger partial charge in [0, 0.05) is 0 Å². The first-order chi connectivity index (χ1) is 10.9. The summed E-state index contributed by atoms with van der Waals surface area (Å²) in [7, 11) is 0. The van der Waals surface area contributed by atoms with E-state index in [1.54, 1.807) is 6.08 Å². The number of hydrogen-bond acceptors (Lipinski definition) is 3. The van der Waals surface area contributed by atoms with Gasteiger partial charge in [-0.25, -0.2) is 0 Å². The zero-order valence-electron chi connectivity index (χ0n) is 15.1. The van der Waals surface area contributed by atoms with Crippen molar-refractivity contribution in [2.75, 3.05) is 6.61 Å². The van der Waals surface area contributed by atoms with Gasteiger partial charge in [-0.3, -0.25) is 4.99 Å². The quantitative estimate of drug-likeness (QED) is 0.811. The van der Waals surface area contributed by atoms with Gasteiger partial charge in [0.1, 0.15) is 12.4 Å². The zero-order valence-corrected chi connectivity index (χ0v) is 15.1. The highest BCUT2D eigenvalue weighted by molar-refractivity contribution is 5.86. The lowest BCUT2D eigenvalue weighted by molar-refractivity contribution is 0.156. The predicted octanol–water partition coefficient (Wildman–Crippen LogP) is 4.51. The monoisotopic (exact) mass is 314 g/mol. The summed E-state index contributed by atoms with van der Waals surface area (Å²) >= 11 is 0. The molecular formula is C20H30N2O. The van der Waals surface area contributed by atoms with E-state index in [9.17, 15) is 0 Å². The van der Waals surface area contributed by atoms with Gasteiger partial charge < -0.3 is 10.1 Å². The maximum absolute atomic E-state index is 5.75. The molecule has 0 amide bonds. The molecule has 0 saturated heterocycles. The van der Waals surface area contributed by atoms with Crippen LogP contribution in [0.25, 0.3) is 0 Å². The minimum absolute atomic E-state index is 0.0396. The van der Waals surface area contributed by atoms with Crippen molar-refractivity contribution in [3.63, 3.8) is 0 Å². The number of allylic oxidation sites excluding steroid dienone is 2. The standard InChI is InChI=1S/C17H24N2O.C3H6/c1-5-13(2)16-17(3,4)19-15(18-16)12-20-11-14-9-7-6-8-10-14;1-3-2/h5-10,16H,11-12H2,1-4H3,(H,18,19);3H,1H2,2H3/b13-5+;/t16-;/m1./s1. The van der Waals surface area contributed by atoms with Crippen LogP contribution >= 0.6 is 0 Å². The van der Waals surface area contributed by atoms with Crippen molar-refractivity contribution in [3.8, 4) is 0 Å². The minimum atomic E-state index is -0.0396. The van der Waals surface area contributed by atoms with Gasteiger partial charge in [0.15, 0.2) is 0 Å². The number of hydrogen-bond donors (Lipinski definition) is 1. The van der Waals surface area contributed by atoms with Gasteiger partial charge in [0.25, 0.3) is 0 Å². The number of nitrogens with zero attached hydrogens (tertiary/aromatic N) is 1. The van der Waals surface area contributed by atoms with E-state index in [1.807, 2.05) is 25.1 Å². The molecule has 126 valence electrons. The van der Waals surface area contributed by atoms with Crippen LogP contribution in [0.4, 0.5) is 0 Å². The van der Waals surface area contributed by atoms with Gasteiger partial charge in [0.05, 0.1) is 18.2 Å². The smallest absolute Gasteiger partial charge is 0.124 e. The van der Waals surface area contributed by atoms with Gasteiger partial charge in [0.2, 0.25) is 0 Å². The van der Waals surface area contributed by atoms with Crippen LogP contribution in [0.1, 0.15) is 40.2 Å². The topological polar surface area (TPSA) is 33.6 Å². The Hall–Kier alpha value is -1.87. The Labute approximate surface area is 141 Å². The molecule has 1 atom stereocenters. The Kier molecular flexibility index (Phi) is 7.76. The van der Waals surface area contributed by atoms with Crippen molar-refractivity contribution in [3.05, 3.63) is 60.2 Å². The summed E-state index contributed by atoms with van der Waals surface area (Å²) in [4.78, 5) is 4.76. The minimum Gasteiger partial charge on any atom is -0.369 e. The second-order valence-electron chi connectivity index (χ2n) is 6.24. The van der Waals surface area contributed by atoms with Crippen molar-refractivity contribution in [1.82, 2.24) is 5.32 Å². The molecule has 1 aromatic carbocycles. The average Bonchev–Trinajstić information content (AvgIpc) is 2.83. The third-order valence-electron chi connectivity index (χ3n) is 3.67. The fourth-order valence-corrected chi connectivity index (χ4v) is 2.53. The normalized spacial score (nSPS) is 19.3. The number of ether oxygens (including phenoxy) is 1. The molecule has 0 fully saturated rings. The summed E-state index contributed by atoms with van der Waals surface area (Å²) in [6.07, 6.45) is 3.88. The molecule has 1 heterocycles. The van der Waals surface area contributed by atoms with Gasteiger partial charge in [-0.2, -0.15) is 0 Å². The predicted molar refractivity (Wildman–Crippen MR) is 99.8 cm³/mol. The van der Waals surface area contributed by atoms with E-state index in [2.05, 4.69) is 57.8 Å². The number of nitrogens with one attached hydrogen (secondary N) is 1. The Morgan fingerprint density at radius 2 is 1.87 bits per heavy atom. The SMILES string of the molecule is C/C=C(\C)[C@H]1N=C(COCc2ccccc2)NC1(C)C.C=CC. The fourth-order valence-electron chi connectivity index (χ4n) is 2.53. The lowest BCUT2D eigenvalue weighted by Gasteiger charge is -2.27. The van der Waals surface area contributed by atoms with E-state index in [1.165, 1.54) is 11.1 Å². The van der Waals surface area contributed by atoms with Crippen LogP contribution in [0.5, 0.6) is 0 Å². The third kappa shape index (κ3) is 6.03. The molecule has 23 heavy (non-hydrogen) atoms. The summed E-state index contributed by atoms with van der Waals surface area (Å²) in [6.45, 7) is 15.0. The van der Waals surface area contributed by atoms with Gasteiger partial charge in [-0.1, -0.05) is 48.1 Å². The van der Waals surface area contributed by atoms with Crippen LogP contribution in [-0.4, -0.2) is 24.0 Å². The molecule has 0 radical (unpaired) electrons. The molecule has 1 aromatic rings. The molecule has 1 N–H and O–H groups in total. The molecular weight excluding hydrogens is 284 g/mol. The van der Waals surface area contributed by atoms with Gasteiger partial charge >= 0.3 is 0 Å². The summed E-state index contributed by atoms with van der Waals surface area (Å²) in [5.74, 6) is 0.942. The summed E-state index contributed by atoms with van der Waals surface area (Å²) in [6, 6.07) is 10.4. The van der Waals surface area contributed by atoms with Crippen LogP contribution < -0.4 is 5.32 Å². The highest BCUT2D eigenvalue weighted by atomic mass is 16.5. The Balaban J connectivity index is 0.000000816. The lowest BCUT2D eigenvalue weighted by Crippen LogP contribution is -2.46. The number of rotatable bonds is 5. The molecule has 0 aromatic heterocycles. The molecule has 0 unspecified atom stereocenters. The third-order valence-corrected chi connectivity index (χ3v) is 3.67. The first-order valence-electron chi connectivity index (χ1n) is 8.11. The maximum atomic E-state index is 5.75. The van der Waals surface area contributed by atoms with E-state index >= 15 is 0 Å². The van der Waals surface area contributed by atoms with Crippen molar-refractivity contribution in [1.29, 1.82) is 0 Å². The molecule has 3 heteroatoms. The zero-order chi connectivity index (χ0) is 17.3. The van der Waals surface area contributed by atoms with Crippen LogP contribution in [0.3, 0.4) is 0 Å². The van der Waals surface area contributed by atoms with E-state index in [-0.39, 0.29) is 11.6 Å². The van der Waals surface area contributed by atoms with Crippen molar-refractivity contribution in [2.24, 2.45) is 4.99 Å². The van der Waals surface area contributed by atoms with E-state index in [4.69, 9.17) is 9.73 Å². The Bertz CT molecular complexity index is 544. The summed E-state index contributed by atoms with van der Waals surface area (Å²) in [5.41, 5.74) is 2.44. The maximum Gasteiger partial charge on any atom is 0.124 e. The second kappa shape index (κ2) is 9.31. The number of aliphatic imine (C=N–C) groups is 1. The van der Waals surface area contributed by atoms with Gasteiger partial charge in [-0.15, -0.1) is 6.58 Å². The van der Waals surface area contributed by atoms with Crippen molar-refractivity contribution in [2.45, 2.75) is 52.8 Å². The molecule has 1 aliphatic heterocycles. The highest BCUT2D eigenvalue weighted by Gasteiger charge is 2.36. The van der Waals surface area contributed by atoms with E-state index in [0.29, 0.717) is 13.2 Å². The highest BCUT2D eigenvalue weighted by Crippen LogP contribution is 2.25. The van der Waals surface area contributed by atoms with Gasteiger partial charge in [-0.05, 0) is 40.2 Å². The molecule has 2 rings (SSSR count). The van der Waals surface area contributed by atoms with Crippen LogP contribution in [0, 0.1) is 0 Å². The van der Waals surface area contributed by atoms with E-state index < -0.39 is 0 Å². The summed E-state index contributed by atoms with van der Waals surface area (Å²) in [5, 5.41) is 3.47. The molecule has 0 spiro atoms. The fraction of sp³-hybridized carbons (Fsp3) is 0.450. The Morgan fingerprint density at radius 3 is 2.43 bits per heavy atom.